The van der Waals surface area contributed by atoms with E-state index >= 15 is 0 Å². The number of aromatic nitrogens is 3. The van der Waals surface area contributed by atoms with Gasteiger partial charge >= 0.3 is 0 Å². The number of hydrogen-bond acceptors (Lipinski definition) is 5. The maximum absolute atomic E-state index is 12.6. The van der Waals surface area contributed by atoms with Crippen molar-refractivity contribution in [3.8, 4) is 16.4 Å². The predicted octanol–water partition coefficient (Wildman–Crippen LogP) is 6.78. The first-order valence-electron chi connectivity index (χ1n) is 9.61. The topological polar surface area (TPSA) is 47.8 Å². The molecule has 0 atom stereocenters. The molecule has 0 N–H and O–H groups in total. The molecule has 2 heterocycles. The first-order chi connectivity index (χ1) is 15.2. The van der Waals surface area contributed by atoms with Crippen LogP contribution < -0.4 is 0 Å². The van der Waals surface area contributed by atoms with E-state index in [0.717, 1.165) is 20.7 Å². The highest BCUT2D eigenvalue weighted by atomic mass is 35.5. The zero-order valence-electron chi connectivity index (χ0n) is 16.2. The van der Waals surface area contributed by atoms with Crippen molar-refractivity contribution in [2.45, 2.75) is 5.16 Å². The van der Waals surface area contributed by atoms with Crippen LogP contribution in [-0.2, 0) is 0 Å². The molecule has 0 fully saturated rings. The lowest BCUT2D eigenvalue weighted by Crippen LogP contribution is -2.04. The number of para-hydroxylation sites is 1. The molecular weight excluding hydrogens is 446 g/mol. The number of Topliss-reactive ketones (excluding diaryl/α,β-unsaturated/α-hetero) is 1. The van der Waals surface area contributed by atoms with Gasteiger partial charge in [0.2, 0.25) is 0 Å². The summed E-state index contributed by atoms with van der Waals surface area (Å²) >= 11 is 9.70. The Morgan fingerprint density at radius 2 is 1.58 bits per heavy atom. The van der Waals surface area contributed by atoms with Gasteiger partial charge in [-0.1, -0.05) is 90.1 Å². The number of carbonyl (C=O) groups is 1. The van der Waals surface area contributed by atoms with E-state index in [9.17, 15) is 4.79 Å². The van der Waals surface area contributed by atoms with Crippen LogP contribution in [0.1, 0.15) is 10.4 Å². The minimum absolute atomic E-state index is 0.0506. The first-order valence-corrected chi connectivity index (χ1v) is 11.8. The molecule has 0 unspecified atom stereocenters. The van der Waals surface area contributed by atoms with E-state index in [-0.39, 0.29) is 11.5 Å². The number of ketones is 1. The fraction of sp³-hybridized carbons (Fsp3) is 0.0417. The smallest absolute Gasteiger partial charge is 0.196 e. The van der Waals surface area contributed by atoms with Crippen molar-refractivity contribution in [1.29, 1.82) is 0 Å². The van der Waals surface area contributed by atoms with Gasteiger partial charge < -0.3 is 0 Å². The molecule has 152 valence electrons. The van der Waals surface area contributed by atoms with Crippen molar-refractivity contribution in [2.75, 3.05) is 5.75 Å². The molecule has 0 aliphatic rings. The number of hydrogen-bond donors (Lipinski definition) is 0. The molecule has 0 bridgehead atoms. The molecule has 0 spiro atoms. The van der Waals surface area contributed by atoms with Gasteiger partial charge in [-0.3, -0.25) is 9.36 Å². The van der Waals surface area contributed by atoms with Crippen LogP contribution in [-0.4, -0.2) is 26.3 Å². The number of fused-ring (bicyclic) bond motifs is 1. The number of benzene rings is 3. The van der Waals surface area contributed by atoms with Crippen LogP contribution in [0.4, 0.5) is 0 Å². The van der Waals surface area contributed by atoms with Gasteiger partial charge in [-0.15, -0.1) is 21.5 Å². The number of halogens is 1. The molecule has 0 amide bonds. The molecule has 5 rings (SSSR count). The molecule has 5 aromatic rings. The highest BCUT2D eigenvalue weighted by Gasteiger charge is 2.22. The lowest BCUT2D eigenvalue weighted by Gasteiger charge is -2.09. The number of thiophene rings is 1. The van der Waals surface area contributed by atoms with Crippen molar-refractivity contribution >= 4 is 50.6 Å². The lowest BCUT2D eigenvalue weighted by molar-refractivity contribution is 0.102. The fourth-order valence-electron chi connectivity index (χ4n) is 3.32. The van der Waals surface area contributed by atoms with Crippen LogP contribution in [0.2, 0.25) is 5.02 Å². The molecule has 31 heavy (non-hydrogen) atoms. The quantitative estimate of drug-likeness (QED) is 0.206. The van der Waals surface area contributed by atoms with Crippen LogP contribution in [0, 0.1) is 0 Å². The van der Waals surface area contributed by atoms with Crippen molar-refractivity contribution < 1.29 is 4.79 Å². The molecule has 2 aromatic heterocycles. The summed E-state index contributed by atoms with van der Waals surface area (Å²) in [6, 6.07) is 27.2. The summed E-state index contributed by atoms with van der Waals surface area (Å²) in [7, 11) is 0. The molecule has 0 saturated carbocycles. The summed E-state index contributed by atoms with van der Waals surface area (Å²) in [5.41, 5.74) is 1.61. The minimum atomic E-state index is 0.0506. The zero-order valence-corrected chi connectivity index (χ0v) is 18.6. The van der Waals surface area contributed by atoms with Crippen LogP contribution in [0.3, 0.4) is 0 Å². The third kappa shape index (κ3) is 3.90. The Kier molecular flexibility index (Phi) is 5.59. The highest BCUT2D eigenvalue weighted by molar-refractivity contribution is 7.99. The third-order valence-electron chi connectivity index (χ3n) is 4.81. The number of nitrogens with zero attached hydrogens (tertiary/aromatic N) is 3. The van der Waals surface area contributed by atoms with Gasteiger partial charge in [-0.2, -0.15) is 0 Å². The van der Waals surface area contributed by atoms with Crippen molar-refractivity contribution in [3.63, 3.8) is 0 Å². The molecule has 7 heteroatoms. The summed E-state index contributed by atoms with van der Waals surface area (Å²) < 4.78 is 3.07. The summed E-state index contributed by atoms with van der Waals surface area (Å²) in [6.45, 7) is 0. The van der Waals surface area contributed by atoms with Crippen molar-refractivity contribution in [3.05, 3.63) is 95.5 Å². The zero-order chi connectivity index (χ0) is 21.2. The fourth-order valence-corrected chi connectivity index (χ4v) is 5.65. The van der Waals surface area contributed by atoms with E-state index in [0.29, 0.717) is 21.6 Å². The number of rotatable bonds is 6. The lowest BCUT2D eigenvalue weighted by atomic mass is 10.2. The van der Waals surface area contributed by atoms with E-state index in [1.807, 2.05) is 89.5 Å². The average molecular weight is 462 g/mol. The van der Waals surface area contributed by atoms with Gasteiger partial charge in [-0.25, -0.2) is 0 Å². The van der Waals surface area contributed by atoms with E-state index < -0.39 is 0 Å². The van der Waals surface area contributed by atoms with Gasteiger partial charge in [0, 0.05) is 21.3 Å². The van der Waals surface area contributed by atoms with Crippen LogP contribution >= 0.6 is 34.7 Å². The Labute approximate surface area is 192 Å². The van der Waals surface area contributed by atoms with E-state index in [1.165, 1.54) is 11.8 Å². The maximum atomic E-state index is 12.6. The maximum Gasteiger partial charge on any atom is 0.196 e. The second-order valence-corrected chi connectivity index (χ2v) is 9.17. The van der Waals surface area contributed by atoms with Crippen LogP contribution in [0.25, 0.3) is 26.5 Å². The standard InChI is InChI=1S/C24H16ClN3OS2/c25-21-18-13-7-8-14-20(18)31-22(21)23-26-27-24(28(23)17-11-5-2-6-12-17)30-15-19(29)16-9-3-1-4-10-16/h1-14H,15H2. The van der Waals surface area contributed by atoms with Gasteiger partial charge in [0.15, 0.2) is 16.8 Å². The second kappa shape index (κ2) is 8.67. The van der Waals surface area contributed by atoms with Crippen molar-refractivity contribution in [2.24, 2.45) is 0 Å². The summed E-state index contributed by atoms with van der Waals surface area (Å²) in [5, 5.41) is 11.2. The SMILES string of the molecule is O=C(CSc1nnc(-c2sc3ccccc3c2Cl)n1-c1ccccc1)c1ccccc1. The van der Waals surface area contributed by atoms with Crippen LogP contribution in [0.5, 0.6) is 0 Å². The Balaban J connectivity index is 1.56. The minimum Gasteiger partial charge on any atom is -0.293 e. The number of thioether (sulfide) groups is 1. The van der Waals surface area contributed by atoms with E-state index in [4.69, 9.17) is 11.6 Å². The molecular formula is C24H16ClN3OS2. The first kappa shape index (κ1) is 20.0. The Morgan fingerprint density at radius 1 is 0.903 bits per heavy atom. The number of carbonyl (C=O) groups excluding carboxylic acids is 1. The Bertz CT molecular complexity index is 1360. The third-order valence-corrected chi connectivity index (χ3v) is 7.41. The van der Waals surface area contributed by atoms with Gasteiger partial charge in [-0.05, 0) is 18.2 Å². The molecule has 0 radical (unpaired) electrons. The normalized spacial score (nSPS) is 11.1. The summed E-state index contributed by atoms with van der Waals surface area (Å²) in [4.78, 5) is 13.5. The Morgan fingerprint density at radius 3 is 2.32 bits per heavy atom. The molecule has 0 saturated heterocycles. The summed E-state index contributed by atoms with van der Waals surface area (Å²) in [5.74, 6) is 0.997. The van der Waals surface area contributed by atoms with Crippen molar-refractivity contribution in [1.82, 2.24) is 14.8 Å². The molecule has 0 aliphatic carbocycles. The van der Waals surface area contributed by atoms with Gasteiger partial charge in [0.05, 0.1) is 15.7 Å². The molecule has 4 nitrogen and oxygen atoms in total. The molecule has 0 aliphatic heterocycles. The Hall–Kier alpha value is -2.93. The van der Waals surface area contributed by atoms with E-state index in [1.54, 1.807) is 11.3 Å². The van der Waals surface area contributed by atoms with E-state index in [2.05, 4.69) is 10.2 Å². The average Bonchev–Trinajstić information content (AvgIpc) is 3.39. The predicted molar refractivity (Wildman–Crippen MR) is 129 cm³/mol. The largest absolute Gasteiger partial charge is 0.293 e. The van der Waals surface area contributed by atoms with Gasteiger partial charge in [0.1, 0.15) is 0 Å². The second-order valence-electron chi connectivity index (χ2n) is 6.80. The van der Waals surface area contributed by atoms with Crippen LogP contribution in [0.15, 0.2) is 90.1 Å². The summed E-state index contributed by atoms with van der Waals surface area (Å²) in [6.07, 6.45) is 0. The molecule has 3 aromatic carbocycles. The van der Waals surface area contributed by atoms with Gasteiger partial charge in [0.25, 0.3) is 0 Å². The monoisotopic (exact) mass is 461 g/mol. The highest BCUT2D eigenvalue weighted by Crippen LogP contribution is 2.42.